The molecule has 7 heteroatoms. The largest absolute Gasteiger partial charge is 0.355 e. The van der Waals surface area contributed by atoms with Crippen molar-refractivity contribution in [3.63, 3.8) is 0 Å². The molecule has 0 saturated carbocycles. The summed E-state index contributed by atoms with van der Waals surface area (Å²) in [6.45, 7) is 0. The highest BCUT2D eigenvalue weighted by Crippen LogP contribution is 2.32. The maximum Gasteiger partial charge on any atom is 0.174 e. The van der Waals surface area contributed by atoms with Crippen molar-refractivity contribution in [3.8, 4) is 28.7 Å². The van der Waals surface area contributed by atoms with Crippen LogP contribution in [0.2, 0.25) is 10.0 Å². The third-order valence-electron chi connectivity index (χ3n) is 4.91. The normalized spacial score (nSPS) is 11.6. The second-order valence-corrected chi connectivity index (χ2v) is 8.74. The highest BCUT2D eigenvalue weighted by molar-refractivity contribution is 7.11. The minimum absolute atomic E-state index is 0.485. The number of benzene rings is 3. The number of hydrogen-bond donors (Lipinski definition) is 0. The van der Waals surface area contributed by atoms with Crippen LogP contribution < -0.4 is 0 Å². The van der Waals surface area contributed by atoms with Crippen molar-refractivity contribution >= 4 is 57.1 Å². The van der Waals surface area contributed by atoms with Crippen LogP contribution in [0.15, 0.2) is 76.6 Å². The molecule has 0 spiro atoms. The van der Waals surface area contributed by atoms with Crippen molar-refractivity contribution in [2.75, 3.05) is 0 Å². The first-order valence-corrected chi connectivity index (χ1v) is 11.2. The van der Waals surface area contributed by atoms with Crippen LogP contribution in [-0.4, -0.2) is 10.1 Å². The molecule has 32 heavy (non-hydrogen) atoms. The van der Waals surface area contributed by atoms with Gasteiger partial charge in [0.1, 0.15) is 16.6 Å². The smallest absolute Gasteiger partial charge is 0.174 e. The third-order valence-corrected chi connectivity index (χ3v) is 6.29. The molecule has 0 bridgehead atoms. The topological polar surface area (TPSA) is 62.7 Å². The summed E-state index contributed by atoms with van der Waals surface area (Å²) >= 11 is 13.4. The number of nitriles is 1. The first kappa shape index (κ1) is 20.5. The molecule has 0 aliphatic heterocycles. The van der Waals surface area contributed by atoms with E-state index in [0.29, 0.717) is 26.4 Å². The molecule has 2 aromatic heterocycles. The van der Waals surface area contributed by atoms with E-state index in [0.717, 1.165) is 33.3 Å². The molecule has 0 aliphatic carbocycles. The van der Waals surface area contributed by atoms with Gasteiger partial charge < -0.3 is 4.52 Å². The van der Waals surface area contributed by atoms with Gasteiger partial charge in [-0.3, -0.25) is 0 Å². The fraction of sp³-hybridized carbons (Fsp3) is 0. The Kier molecular flexibility index (Phi) is 5.50. The lowest BCUT2D eigenvalue weighted by atomic mass is 10.0. The first-order valence-electron chi connectivity index (χ1n) is 9.60. The molecule has 3 aromatic carbocycles. The van der Waals surface area contributed by atoms with Gasteiger partial charge in [0.05, 0.1) is 16.7 Å². The second-order valence-electron chi connectivity index (χ2n) is 7.01. The van der Waals surface area contributed by atoms with E-state index in [1.165, 1.54) is 11.3 Å². The summed E-state index contributed by atoms with van der Waals surface area (Å²) in [4.78, 5) is 4.64. The summed E-state index contributed by atoms with van der Waals surface area (Å²) in [7, 11) is 0. The highest BCUT2D eigenvalue weighted by Gasteiger charge is 2.13. The highest BCUT2D eigenvalue weighted by atomic mass is 35.5. The van der Waals surface area contributed by atoms with Crippen molar-refractivity contribution < 1.29 is 4.52 Å². The summed E-state index contributed by atoms with van der Waals surface area (Å²) in [6.07, 6.45) is 1.82. The van der Waals surface area contributed by atoms with E-state index in [9.17, 15) is 5.26 Å². The number of nitrogens with zero attached hydrogens (tertiary/aromatic N) is 3. The third kappa shape index (κ3) is 4.04. The van der Waals surface area contributed by atoms with E-state index in [4.69, 9.17) is 27.7 Å². The van der Waals surface area contributed by atoms with Gasteiger partial charge in [-0.2, -0.15) is 5.26 Å². The average Bonchev–Trinajstić information content (AvgIpc) is 3.46. The van der Waals surface area contributed by atoms with E-state index in [1.807, 2.05) is 78.2 Å². The van der Waals surface area contributed by atoms with Gasteiger partial charge in [0.25, 0.3) is 0 Å². The summed E-state index contributed by atoms with van der Waals surface area (Å²) in [5.74, 6) is 0.657. The lowest BCUT2D eigenvalue weighted by Crippen LogP contribution is -1.83. The SMILES string of the molecule is N#C/C(=C\c1ccc2noc(-c3ccc(Cl)cc3)c2c1)c1nc(-c2ccc(Cl)cc2)cs1. The Hall–Kier alpha value is -3.43. The van der Waals surface area contributed by atoms with Crippen LogP contribution in [0.1, 0.15) is 10.6 Å². The molecule has 0 atom stereocenters. The summed E-state index contributed by atoms with van der Waals surface area (Å²) < 4.78 is 5.57. The van der Waals surface area contributed by atoms with Crippen LogP contribution in [0, 0.1) is 11.3 Å². The number of rotatable bonds is 4. The Morgan fingerprint density at radius 3 is 2.31 bits per heavy atom. The monoisotopic (exact) mass is 473 g/mol. The van der Waals surface area contributed by atoms with Gasteiger partial charge in [0.15, 0.2) is 5.76 Å². The van der Waals surface area contributed by atoms with Crippen LogP contribution in [-0.2, 0) is 0 Å². The van der Waals surface area contributed by atoms with Crippen LogP contribution in [0.5, 0.6) is 0 Å². The maximum absolute atomic E-state index is 9.78. The van der Waals surface area contributed by atoms with E-state index >= 15 is 0 Å². The molecule has 0 unspecified atom stereocenters. The molecule has 0 radical (unpaired) electrons. The number of aromatic nitrogens is 2. The summed E-state index contributed by atoms with van der Waals surface area (Å²) in [5.41, 5.74) is 4.72. The predicted molar refractivity (Wildman–Crippen MR) is 130 cm³/mol. The standard InChI is InChI=1S/C25H13Cl2N3OS/c26-19-6-2-16(3-7-19)23-14-32-25(29-23)18(13-28)11-15-1-10-22-21(12-15)24(31-30-22)17-4-8-20(27)9-5-17/h1-12,14H/b18-11+. The second kappa shape index (κ2) is 8.60. The Labute approximate surface area is 198 Å². The van der Waals surface area contributed by atoms with Gasteiger partial charge in [-0.25, -0.2) is 4.98 Å². The van der Waals surface area contributed by atoms with Gasteiger partial charge in [0, 0.05) is 26.6 Å². The zero-order valence-corrected chi connectivity index (χ0v) is 18.7. The summed E-state index contributed by atoms with van der Waals surface area (Å²) in [5, 5.41) is 18.7. The number of thiazole rings is 1. The Morgan fingerprint density at radius 1 is 0.938 bits per heavy atom. The Bertz CT molecular complexity index is 1490. The molecule has 0 aliphatic rings. The lowest BCUT2D eigenvalue weighted by molar-refractivity contribution is 0.441. The van der Waals surface area contributed by atoms with Gasteiger partial charge in [-0.05, 0) is 60.2 Å². The molecule has 5 aromatic rings. The van der Waals surface area contributed by atoms with Crippen molar-refractivity contribution in [2.24, 2.45) is 0 Å². The molecule has 5 rings (SSSR count). The minimum Gasteiger partial charge on any atom is -0.355 e. The Balaban J connectivity index is 1.51. The molecule has 0 fully saturated rings. The molecular weight excluding hydrogens is 461 g/mol. The average molecular weight is 474 g/mol. The number of fused-ring (bicyclic) bond motifs is 1. The van der Waals surface area contributed by atoms with Crippen molar-refractivity contribution in [3.05, 3.63) is 92.7 Å². The predicted octanol–water partition coefficient (Wildman–Crippen LogP) is 7.99. The molecular formula is C25H13Cl2N3OS. The van der Waals surface area contributed by atoms with Crippen LogP contribution in [0.4, 0.5) is 0 Å². The molecule has 0 amide bonds. The Morgan fingerprint density at radius 2 is 1.62 bits per heavy atom. The fourth-order valence-corrected chi connectivity index (χ4v) is 4.36. The zero-order chi connectivity index (χ0) is 22.1. The zero-order valence-electron chi connectivity index (χ0n) is 16.4. The van der Waals surface area contributed by atoms with Gasteiger partial charge in [-0.1, -0.05) is 46.6 Å². The molecule has 4 nitrogen and oxygen atoms in total. The number of halogens is 2. The molecule has 0 saturated heterocycles. The fourth-order valence-electron chi connectivity index (χ4n) is 3.32. The number of hydrogen-bond acceptors (Lipinski definition) is 5. The minimum atomic E-state index is 0.485. The van der Waals surface area contributed by atoms with Crippen LogP contribution in [0.3, 0.4) is 0 Å². The maximum atomic E-state index is 9.78. The summed E-state index contributed by atoms with van der Waals surface area (Å²) in [6, 6.07) is 22.9. The van der Waals surface area contributed by atoms with Crippen LogP contribution >= 0.6 is 34.5 Å². The van der Waals surface area contributed by atoms with E-state index in [-0.39, 0.29) is 0 Å². The molecule has 154 valence electrons. The van der Waals surface area contributed by atoms with Crippen molar-refractivity contribution in [2.45, 2.75) is 0 Å². The van der Waals surface area contributed by atoms with E-state index in [2.05, 4.69) is 16.2 Å². The first-order chi connectivity index (χ1) is 15.6. The number of allylic oxidation sites excluding steroid dienone is 1. The quantitative estimate of drug-likeness (QED) is 0.248. The van der Waals surface area contributed by atoms with Gasteiger partial charge in [-0.15, -0.1) is 11.3 Å². The van der Waals surface area contributed by atoms with Gasteiger partial charge in [0.2, 0.25) is 0 Å². The molecule has 2 heterocycles. The van der Waals surface area contributed by atoms with Crippen LogP contribution in [0.25, 0.3) is 45.1 Å². The van der Waals surface area contributed by atoms with E-state index < -0.39 is 0 Å². The van der Waals surface area contributed by atoms with Gasteiger partial charge >= 0.3 is 0 Å². The van der Waals surface area contributed by atoms with E-state index in [1.54, 1.807) is 0 Å². The van der Waals surface area contributed by atoms with Crippen molar-refractivity contribution in [1.29, 1.82) is 5.26 Å². The lowest BCUT2D eigenvalue weighted by Gasteiger charge is -1.99. The van der Waals surface area contributed by atoms with Crippen molar-refractivity contribution in [1.82, 2.24) is 10.1 Å². The molecule has 0 N–H and O–H groups in total.